The zero-order valence-corrected chi connectivity index (χ0v) is 11.1. The summed E-state index contributed by atoms with van der Waals surface area (Å²) in [6.07, 6.45) is -0.0496. The topological polar surface area (TPSA) is 108 Å². The Morgan fingerprint density at radius 1 is 1.30 bits per heavy atom. The molecule has 0 bridgehead atoms. The third kappa shape index (κ3) is 5.15. The Balaban J connectivity index is 2.54. The molecule has 0 saturated carbocycles. The van der Waals surface area contributed by atoms with Crippen molar-refractivity contribution in [3.05, 3.63) is 24.3 Å². The van der Waals surface area contributed by atoms with Crippen LogP contribution >= 0.6 is 0 Å². The van der Waals surface area contributed by atoms with Crippen molar-refractivity contribution in [2.75, 3.05) is 18.5 Å². The fraction of sp³-hybridized carbons (Fsp3) is 0.385. The summed E-state index contributed by atoms with van der Waals surface area (Å²) in [5.41, 5.74) is 0.513. The SMILES string of the molecule is CCOc1ccc(NC(=O)N[C@H](CCO)C(=O)O)cc1. The minimum Gasteiger partial charge on any atom is -0.494 e. The lowest BCUT2D eigenvalue weighted by Crippen LogP contribution is -2.43. The number of nitrogens with one attached hydrogen (secondary N) is 2. The zero-order chi connectivity index (χ0) is 15.0. The van der Waals surface area contributed by atoms with Crippen LogP contribution < -0.4 is 15.4 Å². The number of carboxylic acid groups (broad SMARTS) is 1. The van der Waals surface area contributed by atoms with Gasteiger partial charge in [-0.05, 0) is 31.2 Å². The van der Waals surface area contributed by atoms with Crippen LogP contribution in [0.15, 0.2) is 24.3 Å². The molecule has 1 aromatic carbocycles. The predicted molar refractivity (Wildman–Crippen MR) is 72.9 cm³/mol. The van der Waals surface area contributed by atoms with Crippen LogP contribution in [0.1, 0.15) is 13.3 Å². The van der Waals surface area contributed by atoms with Gasteiger partial charge in [-0.25, -0.2) is 9.59 Å². The highest BCUT2D eigenvalue weighted by molar-refractivity contribution is 5.92. The quantitative estimate of drug-likeness (QED) is 0.597. The zero-order valence-electron chi connectivity index (χ0n) is 11.1. The van der Waals surface area contributed by atoms with Crippen LogP contribution in [0.5, 0.6) is 5.75 Å². The summed E-state index contributed by atoms with van der Waals surface area (Å²) in [5, 5.41) is 22.3. The number of aliphatic hydroxyl groups excluding tert-OH is 1. The van der Waals surface area contributed by atoms with Crippen LogP contribution in [-0.2, 0) is 4.79 Å². The molecule has 0 fully saturated rings. The Bertz CT molecular complexity index is 447. The molecule has 1 aromatic rings. The van der Waals surface area contributed by atoms with Gasteiger partial charge in [0.1, 0.15) is 11.8 Å². The summed E-state index contributed by atoms with van der Waals surface area (Å²) < 4.78 is 5.26. The molecule has 110 valence electrons. The highest BCUT2D eigenvalue weighted by Gasteiger charge is 2.18. The van der Waals surface area contributed by atoms with E-state index in [9.17, 15) is 9.59 Å². The van der Waals surface area contributed by atoms with Gasteiger partial charge in [0.05, 0.1) is 6.61 Å². The van der Waals surface area contributed by atoms with E-state index in [0.717, 1.165) is 0 Å². The number of carbonyl (C=O) groups excluding carboxylic acids is 1. The van der Waals surface area contributed by atoms with Crippen LogP contribution in [0.3, 0.4) is 0 Å². The molecule has 0 radical (unpaired) electrons. The third-order valence-electron chi connectivity index (χ3n) is 2.44. The molecular formula is C13H18N2O5. The number of hydrogen-bond acceptors (Lipinski definition) is 4. The molecule has 20 heavy (non-hydrogen) atoms. The molecule has 0 aliphatic carbocycles. The Morgan fingerprint density at radius 2 is 1.95 bits per heavy atom. The van der Waals surface area contributed by atoms with E-state index in [2.05, 4.69) is 10.6 Å². The first kappa shape index (κ1) is 15.8. The number of benzene rings is 1. The van der Waals surface area contributed by atoms with Crippen LogP contribution in [0, 0.1) is 0 Å². The molecule has 0 saturated heterocycles. The van der Waals surface area contributed by atoms with E-state index in [1.807, 2.05) is 6.92 Å². The number of rotatable bonds is 7. The van der Waals surface area contributed by atoms with Crippen molar-refractivity contribution in [1.29, 1.82) is 0 Å². The molecule has 7 nitrogen and oxygen atoms in total. The lowest BCUT2D eigenvalue weighted by Gasteiger charge is -2.14. The average molecular weight is 282 g/mol. The summed E-state index contributed by atoms with van der Waals surface area (Å²) >= 11 is 0. The van der Waals surface area contributed by atoms with Gasteiger partial charge in [0, 0.05) is 18.7 Å². The molecular weight excluding hydrogens is 264 g/mol. The number of amides is 2. The summed E-state index contributed by atoms with van der Waals surface area (Å²) in [5.74, 6) is -0.511. The van der Waals surface area contributed by atoms with Gasteiger partial charge in [-0.3, -0.25) is 0 Å². The van der Waals surface area contributed by atoms with E-state index in [4.69, 9.17) is 14.9 Å². The van der Waals surface area contributed by atoms with E-state index < -0.39 is 18.0 Å². The lowest BCUT2D eigenvalue weighted by atomic mass is 10.2. The number of urea groups is 1. The molecule has 4 N–H and O–H groups in total. The Kier molecular flexibility index (Phi) is 6.31. The van der Waals surface area contributed by atoms with Crippen LogP contribution in [-0.4, -0.2) is 41.5 Å². The van der Waals surface area contributed by atoms with Gasteiger partial charge >= 0.3 is 12.0 Å². The second-order valence-electron chi connectivity index (χ2n) is 3.96. The van der Waals surface area contributed by atoms with Gasteiger partial charge in [-0.15, -0.1) is 0 Å². The van der Waals surface area contributed by atoms with Gasteiger partial charge in [-0.2, -0.15) is 0 Å². The smallest absolute Gasteiger partial charge is 0.326 e. The first-order chi connectivity index (χ1) is 9.56. The molecule has 0 spiro atoms. The van der Waals surface area contributed by atoms with Gasteiger partial charge in [0.2, 0.25) is 0 Å². The Labute approximate surface area is 116 Å². The van der Waals surface area contributed by atoms with E-state index in [-0.39, 0.29) is 13.0 Å². The molecule has 0 aromatic heterocycles. The number of ether oxygens (including phenoxy) is 1. The van der Waals surface area contributed by atoms with E-state index in [1.165, 1.54) is 0 Å². The van der Waals surface area contributed by atoms with Crippen LogP contribution in [0.25, 0.3) is 0 Å². The summed E-state index contributed by atoms with van der Waals surface area (Å²) in [7, 11) is 0. The van der Waals surface area contributed by atoms with E-state index in [1.54, 1.807) is 24.3 Å². The number of carboxylic acids is 1. The van der Waals surface area contributed by atoms with Crippen molar-refractivity contribution >= 4 is 17.7 Å². The highest BCUT2D eigenvalue weighted by Crippen LogP contribution is 2.15. The normalized spacial score (nSPS) is 11.5. The molecule has 0 heterocycles. The second-order valence-corrected chi connectivity index (χ2v) is 3.96. The standard InChI is InChI=1S/C13H18N2O5/c1-2-20-10-5-3-9(4-6-10)14-13(19)15-11(7-8-16)12(17)18/h3-6,11,16H,2,7-8H2,1H3,(H,17,18)(H2,14,15,19)/t11-/m1/s1. The summed E-state index contributed by atoms with van der Waals surface area (Å²) in [6, 6.07) is 4.92. The average Bonchev–Trinajstić information content (AvgIpc) is 2.40. The van der Waals surface area contributed by atoms with Gasteiger partial charge < -0.3 is 25.6 Å². The first-order valence-corrected chi connectivity index (χ1v) is 6.20. The minimum atomic E-state index is -1.19. The molecule has 0 aliphatic rings. The van der Waals surface area contributed by atoms with Gasteiger partial charge in [0.15, 0.2) is 0 Å². The van der Waals surface area contributed by atoms with E-state index >= 15 is 0 Å². The second kappa shape index (κ2) is 8.00. The van der Waals surface area contributed by atoms with Crippen molar-refractivity contribution < 1.29 is 24.5 Å². The Morgan fingerprint density at radius 3 is 2.45 bits per heavy atom. The largest absolute Gasteiger partial charge is 0.494 e. The summed E-state index contributed by atoms with van der Waals surface area (Å²) in [6.45, 7) is 2.10. The molecule has 2 amide bonds. The van der Waals surface area contributed by atoms with Crippen LogP contribution in [0.2, 0.25) is 0 Å². The maximum Gasteiger partial charge on any atom is 0.326 e. The molecule has 7 heteroatoms. The molecule has 0 unspecified atom stereocenters. The van der Waals surface area contributed by atoms with Crippen molar-refractivity contribution in [3.8, 4) is 5.75 Å². The fourth-order valence-corrected chi connectivity index (χ4v) is 1.51. The lowest BCUT2D eigenvalue weighted by molar-refractivity contribution is -0.139. The summed E-state index contributed by atoms with van der Waals surface area (Å²) in [4.78, 5) is 22.4. The number of hydrogen-bond donors (Lipinski definition) is 4. The first-order valence-electron chi connectivity index (χ1n) is 6.20. The minimum absolute atomic E-state index is 0.0496. The van der Waals surface area contributed by atoms with Crippen molar-refractivity contribution in [1.82, 2.24) is 5.32 Å². The number of aliphatic hydroxyl groups is 1. The number of aliphatic carboxylic acids is 1. The van der Waals surface area contributed by atoms with E-state index in [0.29, 0.717) is 18.0 Å². The maximum atomic E-state index is 11.6. The fourth-order valence-electron chi connectivity index (χ4n) is 1.51. The van der Waals surface area contributed by atoms with Crippen molar-refractivity contribution in [2.24, 2.45) is 0 Å². The molecule has 1 atom stereocenters. The number of anilines is 1. The van der Waals surface area contributed by atoms with Gasteiger partial charge in [-0.1, -0.05) is 0 Å². The van der Waals surface area contributed by atoms with Crippen molar-refractivity contribution in [2.45, 2.75) is 19.4 Å². The third-order valence-corrected chi connectivity index (χ3v) is 2.44. The maximum absolute atomic E-state index is 11.6. The highest BCUT2D eigenvalue weighted by atomic mass is 16.5. The number of carbonyl (C=O) groups is 2. The Hall–Kier alpha value is -2.28. The predicted octanol–water partition coefficient (Wildman–Crippen LogP) is 1.04. The van der Waals surface area contributed by atoms with Crippen LogP contribution in [0.4, 0.5) is 10.5 Å². The molecule has 1 rings (SSSR count). The monoisotopic (exact) mass is 282 g/mol. The van der Waals surface area contributed by atoms with Crippen molar-refractivity contribution in [3.63, 3.8) is 0 Å². The molecule has 0 aliphatic heterocycles. The van der Waals surface area contributed by atoms with Gasteiger partial charge in [0.25, 0.3) is 0 Å².